The molecule has 126 valence electrons. The molecule has 2 aromatic rings. The SMILES string of the molecule is COc1cc(/C=C2\O[C@H](C)CN(C)C2=O)ccc1-n1cnc(C)c1. The van der Waals surface area contributed by atoms with E-state index in [-0.39, 0.29) is 12.0 Å². The summed E-state index contributed by atoms with van der Waals surface area (Å²) in [5.74, 6) is 0.942. The van der Waals surface area contributed by atoms with Crippen LogP contribution in [0.5, 0.6) is 5.75 Å². The van der Waals surface area contributed by atoms with Gasteiger partial charge < -0.3 is 18.9 Å². The normalized spacial score (nSPS) is 19.5. The fraction of sp³-hybridized carbons (Fsp3) is 0.333. The molecule has 1 amide bonds. The zero-order valence-corrected chi connectivity index (χ0v) is 14.3. The largest absolute Gasteiger partial charge is 0.495 e. The molecular formula is C18H21N3O3. The minimum atomic E-state index is -0.110. The zero-order chi connectivity index (χ0) is 17.3. The highest BCUT2D eigenvalue weighted by Gasteiger charge is 2.26. The molecule has 1 aliphatic heterocycles. The number of imidazole rings is 1. The Kier molecular flexibility index (Phi) is 4.29. The fourth-order valence-corrected chi connectivity index (χ4v) is 2.76. The standard InChI is InChI=1S/C18H21N3O3/c1-12-9-21(11-19-12)15-6-5-14(7-16(15)23-4)8-17-18(22)20(3)10-13(2)24-17/h5-9,11,13H,10H2,1-4H3/b17-8-/t13-/m1/s1. The highest BCUT2D eigenvalue weighted by Crippen LogP contribution is 2.26. The van der Waals surface area contributed by atoms with Gasteiger partial charge in [-0.05, 0) is 37.6 Å². The summed E-state index contributed by atoms with van der Waals surface area (Å²) in [5, 5.41) is 0. The number of aryl methyl sites for hydroxylation is 1. The van der Waals surface area contributed by atoms with Crippen LogP contribution in [0.25, 0.3) is 11.8 Å². The van der Waals surface area contributed by atoms with Crippen LogP contribution in [0.4, 0.5) is 0 Å². The predicted octanol–water partition coefficient (Wildman–Crippen LogP) is 2.41. The lowest BCUT2D eigenvalue weighted by atomic mass is 10.1. The van der Waals surface area contributed by atoms with Crippen LogP contribution in [-0.2, 0) is 9.53 Å². The average molecular weight is 327 g/mol. The number of amides is 1. The molecule has 1 atom stereocenters. The van der Waals surface area contributed by atoms with Crippen LogP contribution in [0.15, 0.2) is 36.5 Å². The zero-order valence-electron chi connectivity index (χ0n) is 14.3. The van der Waals surface area contributed by atoms with Gasteiger partial charge >= 0.3 is 0 Å². The Morgan fingerprint density at radius 1 is 1.42 bits per heavy atom. The lowest BCUT2D eigenvalue weighted by Gasteiger charge is -2.30. The maximum Gasteiger partial charge on any atom is 0.288 e. The number of nitrogens with zero attached hydrogens (tertiary/aromatic N) is 3. The highest BCUT2D eigenvalue weighted by molar-refractivity contribution is 5.96. The summed E-state index contributed by atoms with van der Waals surface area (Å²) in [7, 11) is 3.40. The number of ether oxygens (including phenoxy) is 2. The number of carbonyl (C=O) groups is 1. The fourth-order valence-electron chi connectivity index (χ4n) is 2.76. The first kappa shape index (κ1) is 16.1. The van der Waals surface area contributed by atoms with Gasteiger partial charge in [0.1, 0.15) is 11.9 Å². The summed E-state index contributed by atoms with van der Waals surface area (Å²) in [6.45, 7) is 4.48. The van der Waals surface area contributed by atoms with Gasteiger partial charge in [-0.3, -0.25) is 4.79 Å². The van der Waals surface area contributed by atoms with Gasteiger partial charge in [0.15, 0.2) is 5.76 Å². The van der Waals surface area contributed by atoms with Crippen LogP contribution in [0, 0.1) is 6.92 Å². The topological polar surface area (TPSA) is 56.6 Å². The summed E-state index contributed by atoms with van der Waals surface area (Å²) in [6.07, 6.45) is 5.41. The molecule has 0 radical (unpaired) electrons. The van der Waals surface area contributed by atoms with E-state index in [1.807, 2.05) is 42.8 Å². The molecular weight excluding hydrogens is 306 g/mol. The Labute approximate surface area is 141 Å². The second-order valence-electron chi connectivity index (χ2n) is 5.98. The van der Waals surface area contributed by atoms with Crippen molar-refractivity contribution < 1.29 is 14.3 Å². The maximum absolute atomic E-state index is 12.2. The van der Waals surface area contributed by atoms with Gasteiger partial charge in [0.25, 0.3) is 5.91 Å². The van der Waals surface area contributed by atoms with Crippen LogP contribution < -0.4 is 4.74 Å². The molecule has 1 aromatic heterocycles. The molecule has 24 heavy (non-hydrogen) atoms. The molecule has 0 aliphatic carbocycles. The monoisotopic (exact) mass is 327 g/mol. The third-order valence-electron chi connectivity index (χ3n) is 3.91. The minimum Gasteiger partial charge on any atom is -0.495 e. The summed E-state index contributed by atoms with van der Waals surface area (Å²) in [4.78, 5) is 18.1. The molecule has 1 aliphatic rings. The van der Waals surface area contributed by atoms with Crippen LogP contribution in [0.3, 0.4) is 0 Å². The first-order valence-electron chi connectivity index (χ1n) is 7.80. The van der Waals surface area contributed by atoms with Crippen molar-refractivity contribution in [2.24, 2.45) is 0 Å². The Hall–Kier alpha value is -2.76. The van der Waals surface area contributed by atoms with Gasteiger partial charge in [0, 0.05) is 13.2 Å². The molecule has 6 heteroatoms. The van der Waals surface area contributed by atoms with Crippen molar-refractivity contribution in [3.63, 3.8) is 0 Å². The maximum atomic E-state index is 12.2. The third-order valence-corrected chi connectivity index (χ3v) is 3.91. The molecule has 1 saturated heterocycles. The van der Waals surface area contributed by atoms with Crippen LogP contribution in [0.2, 0.25) is 0 Å². The van der Waals surface area contributed by atoms with Gasteiger partial charge in [0.2, 0.25) is 0 Å². The molecule has 1 aromatic carbocycles. The predicted molar refractivity (Wildman–Crippen MR) is 91.0 cm³/mol. The van der Waals surface area contributed by atoms with E-state index in [0.29, 0.717) is 18.1 Å². The number of aromatic nitrogens is 2. The number of carbonyl (C=O) groups excluding carboxylic acids is 1. The summed E-state index contributed by atoms with van der Waals surface area (Å²) >= 11 is 0. The van der Waals surface area contributed by atoms with E-state index in [0.717, 1.165) is 16.9 Å². The molecule has 2 heterocycles. The van der Waals surface area contributed by atoms with Crippen molar-refractivity contribution in [1.82, 2.24) is 14.5 Å². The Morgan fingerprint density at radius 3 is 2.88 bits per heavy atom. The van der Waals surface area contributed by atoms with Gasteiger partial charge in [-0.15, -0.1) is 0 Å². The quantitative estimate of drug-likeness (QED) is 0.813. The van der Waals surface area contributed by atoms with Crippen LogP contribution in [0.1, 0.15) is 18.2 Å². The van der Waals surface area contributed by atoms with E-state index in [4.69, 9.17) is 9.47 Å². The lowest BCUT2D eigenvalue weighted by molar-refractivity contribution is -0.136. The van der Waals surface area contributed by atoms with E-state index < -0.39 is 0 Å². The van der Waals surface area contributed by atoms with Crippen molar-refractivity contribution in [1.29, 1.82) is 0 Å². The second-order valence-corrected chi connectivity index (χ2v) is 5.98. The number of hydrogen-bond acceptors (Lipinski definition) is 4. The van der Waals surface area contributed by atoms with E-state index in [9.17, 15) is 4.79 Å². The minimum absolute atomic E-state index is 0.0194. The third kappa shape index (κ3) is 3.13. The van der Waals surface area contributed by atoms with Crippen molar-refractivity contribution in [2.45, 2.75) is 20.0 Å². The Balaban J connectivity index is 1.95. The van der Waals surface area contributed by atoms with E-state index in [1.165, 1.54) is 0 Å². The van der Waals surface area contributed by atoms with E-state index >= 15 is 0 Å². The molecule has 0 N–H and O–H groups in total. The molecule has 0 unspecified atom stereocenters. The number of benzene rings is 1. The summed E-state index contributed by atoms with van der Waals surface area (Å²) < 4.78 is 13.1. The Morgan fingerprint density at radius 2 is 2.21 bits per heavy atom. The second kappa shape index (κ2) is 6.39. The first-order valence-corrected chi connectivity index (χ1v) is 7.80. The Bertz CT molecular complexity index is 795. The van der Waals surface area contributed by atoms with Gasteiger partial charge in [-0.25, -0.2) is 4.98 Å². The number of rotatable bonds is 3. The van der Waals surface area contributed by atoms with Gasteiger partial charge in [-0.1, -0.05) is 6.07 Å². The molecule has 0 bridgehead atoms. The van der Waals surface area contributed by atoms with Crippen molar-refractivity contribution >= 4 is 12.0 Å². The molecule has 0 spiro atoms. The average Bonchev–Trinajstić information content (AvgIpc) is 2.98. The number of morpholine rings is 1. The summed E-state index contributed by atoms with van der Waals surface area (Å²) in [6, 6.07) is 5.75. The smallest absolute Gasteiger partial charge is 0.288 e. The van der Waals surface area contributed by atoms with Crippen molar-refractivity contribution in [3.05, 3.63) is 47.7 Å². The van der Waals surface area contributed by atoms with Crippen LogP contribution >= 0.6 is 0 Å². The highest BCUT2D eigenvalue weighted by atomic mass is 16.5. The summed E-state index contributed by atoms with van der Waals surface area (Å²) in [5.41, 5.74) is 2.67. The van der Waals surface area contributed by atoms with E-state index in [2.05, 4.69) is 4.98 Å². The van der Waals surface area contributed by atoms with E-state index in [1.54, 1.807) is 31.5 Å². The molecule has 0 saturated carbocycles. The lowest BCUT2D eigenvalue weighted by Crippen LogP contribution is -2.41. The molecule has 1 fully saturated rings. The van der Waals surface area contributed by atoms with Gasteiger partial charge in [0.05, 0.1) is 31.4 Å². The van der Waals surface area contributed by atoms with Crippen molar-refractivity contribution in [2.75, 3.05) is 20.7 Å². The van der Waals surface area contributed by atoms with Crippen LogP contribution in [-0.4, -0.2) is 47.2 Å². The molecule has 6 nitrogen and oxygen atoms in total. The number of methoxy groups -OCH3 is 1. The molecule has 3 rings (SSSR count). The number of likely N-dealkylation sites (N-methyl/N-ethyl adjacent to an activating group) is 1. The number of hydrogen-bond donors (Lipinski definition) is 0. The first-order chi connectivity index (χ1) is 11.5. The van der Waals surface area contributed by atoms with Crippen molar-refractivity contribution in [3.8, 4) is 11.4 Å². The van der Waals surface area contributed by atoms with Gasteiger partial charge in [-0.2, -0.15) is 0 Å².